The van der Waals surface area contributed by atoms with E-state index in [9.17, 15) is 27.2 Å². The summed E-state index contributed by atoms with van der Waals surface area (Å²) >= 11 is 0.739. The van der Waals surface area contributed by atoms with E-state index in [4.69, 9.17) is 10.2 Å². The van der Waals surface area contributed by atoms with Crippen molar-refractivity contribution in [3.05, 3.63) is 52.5 Å². The Labute approximate surface area is 193 Å². The summed E-state index contributed by atoms with van der Waals surface area (Å²) < 4.78 is 59.5. The van der Waals surface area contributed by atoms with E-state index in [1.165, 1.54) is 26.2 Å². The van der Waals surface area contributed by atoms with Gasteiger partial charge in [-0.3, -0.25) is 14.3 Å². The first kappa shape index (κ1) is 23.4. The van der Waals surface area contributed by atoms with E-state index in [0.717, 1.165) is 28.2 Å². The van der Waals surface area contributed by atoms with Crippen molar-refractivity contribution >= 4 is 39.1 Å². The predicted octanol–water partition coefficient (Wildman–Crippen LogP) is 5.24. The number of carbonyl (C=O) groups is 2. The fourth-order valence-electron chi connectivity index (χ4n) is 3.50. The highest BCUT2D eigenvalue weighted by Crippen LogP contribution is 2.42. The molecule has 3 N–H and O–H groups in total. The molecule has 0 saturated carbocycles. The standard InChI is InChI=1S/C21H17F4N5O3S/c1-8-6-12(18(24)25)29-30(8)9(2)20(32)28-15-14-10(13-4-3-5-33-13)7-11(17(22)23)27-21(14)34-16(15)19(26)31/h3-7,9,17-18H,1-2H3,(H2,26,31)(H,28,32). The van der Waals surface area contributed by atoms with Crippen LogP contribution >= 0.6 is 11.3 Å². The third-order valence-electron chi connectivity index (χ3n) is 5.08. The first-order valence-corrected chi connectivity index (χ1v) is 10.6. The van der Waals surface area contributed by atoms with Crippen molar-refractivity contribution in [2.75, 3.05) is 5.32 Å². The van der Waals surface area contributed by atoms with Gasteiger partial charge in [0.15, 0.2) is 0 Å². The minimum absolute atomic E-state index is 0.0382. The lowest BCUT2D eigenvalue weighted by molar-refractivity contribution is -0.119. The van der Waals surface area contributed by atoms with Gasteiger partial charge in [-0.15, -0.1) is 11.3 Å². The van der Waals surface area contributed by atoms with Crippen molar-refractivity contribution in [1.82, 2.24) is 14.8 Å². The molecule has 0 aromatic carbocycles. The van der Waals surface area contributed by atoms with Crippen LogP contribution in [0, 0.1) is 6.92 Å². The number of fused-ring (bicyclic) bond motifs is 1. The van der Waals surface area contributed by atoms with Crippen LogP contribution in [0.25, 0.3) is 21.5 Å². The summed E-state index contributed by atoms with van der Waals surface area (Å²) in [5, 5.41) is 6.54. The summed E-state index contributed by atoms with van der Waals surface area (Å²) in [6, 6.07) is 4.29. The Bertz CT molecular complexity index is 1380. The second-order valence-electron chi connectivity index (χ2n) is 7.34. The van der Waals surface area contributed by atoms with Crippen molar-refractivity contribution in [2.24, 2.45) is 5.73 Å². The van der Waals surface area contributed by atoms with E-state index < -0.39 is 42.1 Å². The van der Waals surface area contributed by atoms with Gasteiger partial charge < -0.3 is 15.5 Å². The van der Waals surface area contributed by atoms with Gasteiger partial charge in [0.1, 0.15) is 32.9 Å². The summed E-state index contributed by atoms with van der Waals surface area (Å²) in [6.07, 6.45) is -4.38. The van der Waals surface area contributed by atoms with E-state index in [-0.39, 0.29) is 32.1 Å². The number of aromatic nitrogens is 3. The molecule has 1 atom stereocenters. The molecule has 4 heterocycles. The van der Waals surface area contributed by atoms with Crippen LogP contribution in [0.5, 0.6) is 0 Å². The van der Waals surface area contributed by atoms with Crippen molar-refractivity contribution in [2.45, 2.75) is 32.7 Å². The highest BCUT2D eigenvalue weighted by Gasteiger charge is 2.28. The lowest BCUT2D eigenvalue weighted by atomic mass is 10.1. The van der Waals surface area contributed by atoms with Crippen LogP contribution < -0.4 is 11.1 Å². The molecule has 0 aliphatic carbocycles. The number of amides is 2. The van der Waals surface area contributed by atoms with E-state index in [1.54, 1.807) is 6.07 Å². The number of nitrogens with one attached hydrogen (secondary N) is 1. The number of anilines is 1. The van der Waals surface area contributed by atoms with E-state index in [2.05, 4.69) is 15.4 Å². The molecule has 4 rings (SSSR count). The lowest BCUT2D eigenvalue weighted by Crippen LogP contribution is -2.26. The van der Waals surface area contributed by atoms with Crippen LogP contribution in [0.15, 0.2) is 34.9 Å². The molecule has 178 valence electrons. The number of pyridine rings is 1. The number of nitrogens with zero attached hydrogens (tertiary/aromatic N) is 3. The van der Waals surface area contributed by atoms with Crippen LogP contribution in [-0.2, 0) is 4.79 Å². The van der Waals surface area contributed by atoms with Gasteiger partial charge >= 0.3 is 0 Å². The van der Waals surface area contributed by atoms with Crippen molar-refractivity contribution < 1.29 is 31.6 Å². The maximum absolute atomic E-state index is 13.5. The number of halogens is 4. The van der Waals surface area contributed by atoms with Gasteiger partial charge in [0.05, 0.1) is 12.0 Å². The summed E-state index contributed by atoms with van der Waals surface area (Å²) in [5.74, 6) is -1.40. The molecule has 0 saturated heterocycles. The number of furan rings is 1. The van der Waals surface area contributed by atoms with E-state index in [1.807, 2.05) is 0 Å². The average molecular weight is 495 g/mol. The molecule has 0 spiro atoms. The van der Waals surface area contributed by atoms with Gasteiger partial charge in [-0.25, -0.2) is 22.5 Å². The summed E-state index contributed by atoms with van der Waals surface area (Å²) in [6.45, 7) is 2.95. The molecule has 0 aliphatic rings. The second kappa shape index (κ2) is 8.89. The third kappa shape index (κ3) is 4.14. The Morgan fingerprint density at radius 3 is 2.44 bits per heavy atom. The molecule has 0 bridgehead atoms. The Kier molecular flexibility index (Phi) is 6.13. The normalized spacial score (nSPS) is 12.6. The topological polar surface area (TPSA) is 116 Å². The van der Waals surface area contributed by atoms with Gasteiger partial charge in [-0.1, -0.05) is 0 Å². The zero-order valence-corrected chi connectivity index (χ0v) is 18.5. The number of thiophene rings is 1. The second-order valence-corrected chi connectivity index (χ2v) is 8.34. The molecule has 0 fully saturated rings. The Balaban J connectivity index is 1.84. The first-order valence-electron chi connectivity index (χ1n) is 9.82. The minimum Gasteiger partial charge on any atom is -0.464 e. The molecule has 13 heteroatoms. The maximum atomic E-state index is 13.5. The predicted molar refractivity (Wildman–Crippen MR) is 116 cm³/mol. The molecular formula is C21H17F4N5O3S. The van der Waals surface area contributed by atoms with Crippen molar-refractivity contribution in [1.29, 1.82) is 0 Å². The SMILES string of the molecule is Cc1cc(C(F)F)nn1C(C)C(=O)Nc1c(C(N)=O)sc2nc(C(F)F)cc(-c3ccco3)c12. The van der Waals surface area contributed by atoms with Crippen molar-refractivity contribution in [3.8, 4) is 11.3 Å². The Hall–Kier alpha value is -3.74. The zero-order chi connectivity index (χ0) is 24.7. The lowest BCUT2D eigenvalue weighted by Gasteiger charge is -2.15. The molecule has 0 aliphatic heterocycles. The smallest absolute Gasteiger partial charge is 0.282 e. The summed E-state index contributed by atoms with van der Waals surface area (Å²) in [4.78, 5) is 29.0. The highest BCUT2D eigenvalue weighted by molar-refractivity contribution is 7.21. The monoisotopic (exact) mass is 495 g/mol. The molecule has 8 nitrogen and oxygen atoms in total. The molecule has 4 aromatic heterocycles. The van der Waals surface area contributed by atoms with Crippen LogP contribution in [0.1, 0.15) is 52.6 Å². The number of rotatable bonds is 7. The van der Waals surface area contributed by atoms with Gasteiger partial charge in [0.2, 0.25) is 5.91 Å². The van der Waals surface area contributed by atoms with E-state index >= 15 is 0 Å². The zero-order valence-electron chi connectivity index (χ0n) is 17.7. The van der Waals surface area contributed by atoms with Crippen LogP contribution in [-0.4, -0.2) is 26.6 Å². The van der Waals surface area contributed by atoms with Crippen molar-refractivity contribution in [3.63, 3.8) is 0 Å². The van der Waals surface area contributed by atoms with Gasteiger partial charge in [-0.05, 0) is 38.1 Å². The highest BCUT2D eigenvalue weighted by atomic mass is 32.1. The fraction of sp³-hybridized carbons (Fsp3) is 0.238. The van der Waals surface area contributed by atoms with E-state index in [0.29, 0.717) is 5.69 Å². The summed E-state index contributed by atoms with van der Waals surface area (Å²) in [5.41, 5.74) is 4.91. The van der Waals surface area contributed by atoms with Gasteiger partial charge in [0.25, 0.3) is 18.8 Å². The molecule has 0 radical (unpaired) electrons. The summed E-state index contributed by atoms with van der Waals surface area (Å²) in [7, 11) is 0. The molecule has 1 unspecified atom stereocenters. The fourth-order valence-corrected chi connectivity index (χ4v) is 4.51. The van der Waals surface area contributed by atoms with Gasteiger partial charge in [0, 0.05) is 16.6 Å². The molecule has 34 heavy (non-hydrogen) atoms. The first-order chi connectivity index (χ1) is 16.1. The number of primary amides is 1. The number of carbonyl (C=O) groups excluding carboxylic acids is 2. The molecule has 2 amide bonds. The number of hydrogen-bond acceptors (Lipinski definition) is 6. The molecular weight excluding hydrogens is 478 g/mol. The quantitative estimate of drug-likeness (QED) is 0.341. The average Bonchev–Trinajstić information content (AvgIpc) is 3.51. The molecule has 4 aromatic rings. The van der Waals surface area contributed by atoms with Crippen LogP contribution in [0.2, 0.25) is 0 Å². The minimum atomic E-state index is -2.90. The largest absolute Gasteiger partial charge is 0.464 e. The van der Waals surface area contributed by atoms with Gasteiger partial charge in [-0.2, -0.15) is 5.10 Å². The number of nitrogens with two attached hydrogens (primary N) is 1. The van der Waals surface area contributed by atoms with Crippen LogP contribution in [0.4, 0.5) is 23.2 Å². The van der Waals surface area contributed by atoms with Crippen LogP contribution in [0.3, 0.4) is 0 Å². The maximum Gasteiger partial charge on any atom is 0.282 e. The Morgan fingerprint density at radius 2 is 1.88 bits per heavy atom. The number of aryl methyl sites for hydroxylation is 1. The number of hydrogen-bond donors (Lipinski definition) is 2. The Morgan fingerprint density at radius 1 is 1.18 bits per heavy atom. The number of alkyl halides is 4. The third-order valence-corrected chi connectivity index (χ3v) is 6.17.